The van der Waals surface area contributed by atoms with Gasteiger partial charge in [-0.3, -0.25) is 0 Å². The van der Waals surface area contributed by atoms with Crippen LogP contribution in [0.2, 0.25) is 0 Å². The van der Waals surface area contributed by atoms with Crippen LogP contribution in [0.15, 0.2) is 45.1 Å². The molecule has 0 aliphatic heterocycles. The van der Waals surface area contributed by atoms with E-state index in [1.54, 1.807) is 0 Å². The number of nitrogens with zero attached hydrogens (tertiary/aromatic N) is 2. The molecule has 0 unspecified atom stereocenters. The fraction of sp³-hybridized carbons (Fsp3) is 0.188. The lowest BCUT2D eigenvalue weighted by molar-refractivity contribution is -0.137. The van der Waals surface area contributed by atoms with E-state index < -0.39 is 34.2 Å². The fourth-order valence-corrected chi connectivity index (χ4v) is 4.30. The largest absolute Gasteiger partial charge is 0.451 e. The van der Waals surface area contributed by atoms with Crippen LogP contribution in [0.1, 0.15) is 21.1 Å². The Hall–Kier alpha value is -2.73. The Morgan fingerprint density at radius 2 is 2.04 bits per heavy atom. The third-order valence-electron chi connectivity index (χ3n) is 3.46. The number of carbonyl (C=O) groups is 1. The molecule has 28 heavy (non-hydrogen) atoms. The fourth-order valence-electron chi connectivity index (χ4n) is 2.20. The molecule has 1 aromatic carbocycles. The van der Waals surface area contributed by atoms with Crippen molar-refractivity contribution in [2.75, 3.05) is 6.26 Å². The number of aromatic nitrogens is 2. The van der Waals surface area contributed by atoms with Gasteiger partial charge in [0.1, 0.15) is 4.88 Å². The minimum absolute atomic E-state index is 0.0776. The molecule has 0 saturated carbocycles. The zero-order valence-electron chi connectivity index (χ0n) is 14.1. The first-order chi connectivity index (χ1) is 13.1. The first-order valence-electron chi connectivity index (χ1n) is 7.50. The van der Waals surface area contributed by atoms with Crippen molar-refractivity contribution in [1.82, 2.24) is 10.1 Å². The van der Waals surface area contributed by atoms with E-state index in [1.807, 2.05) is 0 Å². The van der Waals surface area contributed by atoms with Crippen LogP contribution in [0.25, 0.3) is 11.4 Å². The Labute approximate surface area is 160 Å². The molecule has 2 heterocycles. The predicted molar refractivity (Wildman–Crippen MR) is 91.3 cm³/mol. The molecule has 0 bridgehead atoms. The first kappa shape index (κ1) is 20.0. The summed E-state index contributed by atoms with van der Waals surface area (Å²) in [5, 5.41) is 5.00. The number of ether oxygens (including phenoxy) is 1. The predicted octanol–water partition coefficient (Wildman–Crippen LogP) is 3.58. The van der Waals surface area contributed by atoms with Crippen LogP contribution in [-0.4, -0.2) is 30.8 Å². The van der Waals surface area contributed by atoms with E-state index in [2.05, 4.69) is 10.1 Å². The van der Waals surface area contributed by atoms with Gasteiger partial charge in [0.05, 0.1) is 10.5 Å². The van der Waals surface area contributed by atoms with Gasteiger partial charge in [-0.2, -0.15) is 18.2 Å². The van der Waals surface area contributed by atoms with Gasteiger partial charge in [0.15, 0.2) is 16.4 Å². The Kier molecular flexibility index (Phi) is 5.26. The van der Waals surface area contributed by atoms with Crippen molar-refractivity contribution in [3.8, 4) is 11.4 Å². The van der Waals surface area contributed by atoms with Gasteiger partial charge in [-0.15, -0.1) is 11.3 Å². The molecule has 0 amide bonds. The average Bonchev–Trinajstić information content (AvgIpc) is 3.28. The third-order valence-corrected chi connectivity index (χ3v) is 5.62. The van der Waals surface area contributed by atoms with Crippen molar-refractivity contribution < 1.29 is 35.6 Å². The first-order valence-corrected chi connectivity index (χ1v) is 10.3. The van der Waals surface area contributed by atoms with E-state index in [1.165, 1.54) is 23.6 Å². The summed E-state index contributed by atoms with van der Waals surface area (Å²) >= 11 is 0.899. The Balaban J connectivity index is 1.73. The molecule has 12 heteroatoms. The summed E-state index contributed by atoms with van der Waals surface area (Å²) in [5.74, 6) is -1.16. The number of halogens is 3. The quantitative estimate of drug-likeness (QED) is 0.568. The standard InChI is InChI=1S/C16H11F3N2O5S2/c1-28(23,24)11-5-6-27-13(11)15(22)25-8-12-20-14(21-26-12)9-3-2-4-10(7-9)16(17,18)19/h2-7H,8H2,1H3. The van der Waals surface area contributed by atoms with Crippen LogP contribution in [0.5, 0.6) is 0 Å². The van der Waals surface area contributed by atoms with Crippen molar-refractivity contribution in [1.29, 1.82) is 0 Å². The number of hydrogen-bond donors (Lipinski definition) is 0. The van der Waals surface area contributed by atoms with Crippen molar-refractivity contribution >= 4 is 27.1 Å². The van der Waals surface area contributed by atoms with Gasteiger partial charge in [-0.1, -0.05) is 17.3 Å². The molecule has 0 fully saturated rings. The molecule has 0 spiro atoms. The summed E-state index contributed by atoms with van der Waals surface area (Å²) in [7, 11) is -3.60. The second-order valence-corrected chi connectivity index (χ2v) is 8.45. The van der Waals surface area contributed by atoms with Crippen LogP contribution in [-0.2, 0) is 27.4 Å². The zero-order chi connectivity index (χ0) is 20.5. The Morgan fingerprint density at radius 1 is 1.29 bits per heavy atom. The van der Waals surface area contributed by atoms with Gasteiger partial charge in [0.2, 0.25) is 5.82 Å². The molecule has 2 aromatic heterocycles. The average molecular weight is 432 g/mol. The molecule has 0 radical (unpaired) electrons. The summed E-state index contributed by atoms with van der Waals surface area (Å²) < 4.78 is 71.5. The molecule has 0 saturated heterocycles. The van der Waals surface area contributed by atoms with Crippen molar-refractivity contribution in [2.24, 2.45) is 0 Å². The van der Waals surface area contributed by atoms with E-state index in [4.69, 9.17) is 9.26 Å². The molecule has 7 nitrogen and oxygen atoms in total. The maximum Gasteiger partial charge on any atom is 0.416 e. The maximum absolute atomic E-state index is 12.8. The van der Waals surface area contributed by atoms with E-state index in [0.717, 1.165) is 29.7 Å². The SMILES string of the molecule is CS(=O)(=O)c1ccsc1C(=O)OCc1nc(-c2cccc(C(F)(F)F)c2)no1. The molecule has 148 valence electrons. The minimum atomic E-state index is -4.52. The number of sulfone groups is 1. The molecule has 0 atom stereocenters. The second kappa shape index (κ2) is 7.36. The van der Waals surface area contributed by atoms with Crippen molar-refractivity contribution in [3.05, 3.63) is 52.0 Å². The van der Waals surface area contributed by atoms with Crippen LogP contribution in [0, 0.1) is 0 Å². The van der Waals surface area contributed by atoms with E-state index in [0.29, 0.717) is 0 Å². The smallest absolute Gasteiger partial charge is 0.416 e. The Morgan fingerprint density at radius 3 is 2.71 bits per heavy atom. The van der Waals surface area contributed by atoms with Crippen LogP contribution >= 0.6 is 11.3 Å². The van der Waals surface area contributed by atoms with Crippen molar-refractivity contribution in [3.63, 3.8) is 0 Å². The highest BCUT2D eigenvalue weighted by atomic mass is 32.2. The number of hydrogen-bond acceptors (Lipinski definition) is 8. The normalized spacial score (nSPS) is 12.1. The highest BCUT2D eigenvalue weighted by molar-refractivity contribution is 7.91. The van der Waals surface area contributed by atoms with Gasteiger partial charge in [0, 0.05) is 11.8 Å². The molecule has 0 aliphatic carbocycles. The highest BCUT2D eigenvalue weighted by Crippen LogP contribution is 2.31. The number of esters is 1. The molecule has 3 rings (SSSR count). The molecular formula is C16H11F3N2O5S2. The van der Waals surface area contributed by atoms with E-state index in [9.17, 15) is 26.4 Å². The van der Waals surface area contributed by atoms with E-state index >= 15 is 0 Å². The summed E-state index contributed by atoms with van der Waals surface area (Å²) in [6.07, 6.45) is -3.55. The van der Waals surface area contributed by atoms with Gasteiger partial charge in [-0.25, -0.2) is 13.2 Å². The molecule has 0 aliphatic rings. The molecular weight excluding hydrogens is 421 g/mol. The monoisotopic (exact) mass is 432 g/mol. The second-order valence-electron chi connectivity index (χ2n) is 5.55. The van der Waals surface area contributed by atoms with Crippen LogP contribution < -0.4 is 0 Å². The lowest BCUT2D eigenvalue weighted by Crippen LogP contribution is -2.08. The van der Waals surface area contributed by atoms with Gasteiger partial charge in [-0.05, 0) is 23.6 Å². The number of rotatable bonds is 5. The number of benzene rings is 1. The Bertz CT molecular complexity index is 1120. The summed E-state index contributed by atoms with van der Waals surface area (Å²) in [6, 6.07) is 5.64. The van der Waals surface area contributed by atoms with Crippen LogP contribution in [0.4, 0.5) is 13.2 Å². The third kappa shape index (κ3) is 4.39. The number of thiophene rings is 1. The molecule has 0 N–H and O–H groups in total. The topological polar surface area (TPSA) is 99.4 Å². The minimum Gasteiger partial charge on any atom is -0.451 e. The summed E-state index contributed by atoms with van der Waals surface area (Å²) in [5.41, 5.74) is -0.789. The van der Waals surface area contributed by atoms with Crippen LogP contribution in [0.3, 0.4) is 0 Å². The number of alkyl halides is 3. The summed E-state index contributed by atoms with van der Waals surface area (Å²) in [6.45, 7) is -0.466. The van der Waals surface area contributed by atoms with Crippen molar-refractivity contribution in [2.45, 2.75) is 17.7 Å². The molecule has 3 aromatic rings. The highest BCUT2D eigenvalue weighted by Gasteiger charge is 2.31. The van der Waals surface area contributed by atoms with Gasteiger partial charge in [0.25, 0.3) is 5.89 Å². The van der Waals surface area contributed by atoms with Gasteiger partial charge >= 0.3 is 12.1 Å². The lowest BCUT2D eigenvalue weighted by atomic mass is 10.1. The number of carbonyl (C=O) groups excluding carboxylic acids is 1. The zero-order valence-corrected chi connectivity index (χ0v) is 15.7. The maximum atomic E-state index is 12.8. The van der Waals surface area contributed by atoms with E-state index in [-0.39, 0.29) is 27.1 Å². The van der Waals surface area contributed by atoms with Gasteiger partial charge < -0.3 is 9.26 Å². The summed E-state index contributed by atoms with van der Waals surface area (Å²) in [4.78, 5) is 15.7. The lowest BCUT2D eigenvalue weighted by Gasteiger charge is -2.06.